The molecule has 0 bridgehead atoms. The molecule has 3 aromatic rings. The van der Waals surface area contributed by atoms with Crippen molar-refractivity contribution in [3.8, 4) is 0 Å². The number of ketones is 1. The molecule has 1 atom stereocenters. The van der Waals surface area contributed by atoms with Gasteiger partial charge < -0.3 is 9.64 Å². The minimum atomic E-state index is 0.104. The fraction of sp³-hybridized carbons (Fsp3) is 0.304. The molecule has 4 nitrogen and oxygen atoms in total. The number of hydrogen-bond acceptors (Lipinski definition) is 4. The number of anilines is 1. The highest BCUT2D eigenvalue weighted by Crippen LogP contribution is 2.52. The number of carbonyl (C=O) groups is 1. The van der Waals surface area contributed by atoms with Crippen molar-refractivity contribution in [2.24, 2.45) is 0 Å². The lowest BCUT2D eigenvalue weighted by Gasteiger charge is -2.28. The Balaban J connectivity index is 1.64. The second-order valence-electron chi connectivity index (χ2n) is 7.33. The van der Waals surface area contributed by atoms with E-state index in [1.54, 1.807) is 0 Å². The second-order valence-corrected chi connectivity index (χ2v) is 8.33. The van der Waals surface area contributed by atoms with Crippen LogP contribution in [0.5, 0.6) is 0 Å². The predicted octanol–water partition coefficient (Wildman–Crippen LogP) is 5.40. The van der Waals surface area contributed by atoms with E-state index < -0.39 is 0 Å². The van der Waals surface area contributed by atoms with Crippen LogP contribution < -0.4 is 4.90 Å². The van der Waals surface area contributed by atoms with E-state index in [4.69, 9.17) is 11.3 Å². The Morgan fingerprint density at radius 1 is 1.11 bits per heavy atom. The third kappa shape index (κ3) is 2.81. The van der Waals surface area contributed by atoms with Crippen LogP contribution in [0.15, 0.2) is 42.5 Å². The van der Waals surface area contributed by atoms with Crippen molar-refractivity contribution >= 4 is 38.6 Å². The van der Waals surface area contributed by atoms with E-state index in [-0.39, 0.29) is 11.7 Å². The highest BCUT2D eigenvalue weighted by molar-refractivity contribution is 7.19. The summed E-state index contributed by atoms with van der Waals surface area (Å²) < 4.78 is 5.47. The summed E-state index contributed by atoms with van der Waals surface area (Å²) in [4.78, 5) is 19.6. The molecule has 0 N–H and O–H groups in total. The molecule has 28 heavy (non-hydrogen) atoms. The van der Waals surface area contributed by atoms with Gasteiger partial charge in [-0.3, -0.25) is 4.79 Å². The van der Waals surface area contributed by atoms with Crippen LogP contribution in [0.25, 0.3) is 15.6 Å². The average Bonchev–Trinajstić information content (AvgIpc) is 3.15. The molecule has 5 heteroatoms. The molecular weight excluding hydrogens is 368 g/mol. The van der Waals surface area contributed by atoms with E-state index in [1.807, 2.05) is 12.1 Å². The summed E-state index contributed by atoms with van der Waals surface area (Å²) in [5, 5.41) is 3.36. The molecule has 0 amide bonds. The first-order chi connectivity index (χ1) is 13.8. The number of morpholine rings is 1. The van der Waals surface area contributed by atoms with Crippen LogP contribution in [0, 0.1) is 6.57 Å². The molecule has 0 saturated carbocycles. The second kappa shape index (κ2) is 7.05. The van der Waals surface area contributed by atoms with Gasteiger partial charge in [-0.05, 0) is 28.3 Å². The van der Waals surface area contributed by atoms with Crippen LogP contribution in [0.4, 0.5) is 10.7 Å². The Morgan fingerprint density at radius 2 is 1.89 bits per heavy atom. The van der Waals surface area contributed by atoms with Gasteiger partial charge >= 0.3 is 0 Å². The van der Waals surface area contributed by atoms with Crippen LogP contribution >= 0.6 is 11.3 Å². The number of Topliss-reactive ketones (excluding diaryl/α,β-unsaturated/α-hetero) is 1. The molecule has 1 aliphatic carbocycles. The number of thiophene rings is 1. The maximum atomic E-state index is 12.7. The largest absolute Gasteiger partial charge is 0.378 e. The van der Waals surface area contributed by atoms with Crippen molar-refractivity contribution < 1.29 is 9.53 Å². The van der Waals surface area contributed by atoms with Gasteiger partial charge in [0.1, 0.15) is 0 Å². The van der Waals surface area contributed by atoms with Gasteiger partial charge in [-0.1, -0.05) is 42.5 Å². The third-order valence-electron chi connectivity index (χ3n) is 5.75. The number of benzene rings is 2. The molecule has 1 unspecified atom stereocenters. The van der Waals surface area contributed by atoms with Gasteiger partial charge in [0.05, 0.1) is 29.7 Å². The molecule has 2 aliphatic rings. The predicted molar refractivity (Wildman–Crippen MR) is 113 cm³/mol. The monoisotopic (exact) mass is 388 g/mol. The number of carbonyl (C=O) groups excluding carboxylic acids is 1. The number of ether oxygens (including phenoxy) is 1. The molecule has 1 aliphatic heterocycles. The van der Waals surface area contributed by atoms with Crippen molar-refractivity contribution in [1.82, 2.24) is 0 Å². The lowest BCUT2D eigenvalue weighted by Crippen LogP contribution is -2.35. The number of rotatable bonds is 2. The molecule has 1 aromatic heterocycles. The van der Waals surface area contributed by atoms with E-state index in [0.29, 0.717) is 25.3 Å². The standard InChI is InChI=1S/C23H20N2O2S/c1-24-21-20-18(17-7-6-15-4-2-3-5-16(15)14-17)8-9-19(26)22(20)28-23(21)25-10-12-27-13-11-25/h2-7,14,18H,8-13H2. The van der Waals surface area contributed by atoms with Gasteiger partial charge in [-0.2, -0.15) is 0 Å². The van der Waals surface area contributed by atoms with E-state index in [9.17, 15) is 4.79 Å². The SMILES string of the molecule is [C-]#[N+]c1c(N2CCOCC2)sc2c1C(c1ccc3ccccc3c1)CCC2=O. The number of nitrogens with zero attached hydrogens (tertiary/aromatic N) is 2. The minimum Gasteiger partial charge on any atom is -0.378 e. The van der Waals surface area contributed by atoms with E-state index >= 15 is 0 Å². The normalized spacial score (nSPS) is 19.5. The highest BCUT2D eigenvalue weighted by Gasteiger charge is 2.35. The molecular formula is C23H20N2O2S. The minimum absolute atomic E-state index is 0.104. The lowest BCUT2D eigenvalue weighted by molar-refractivity contribution is 0.0974. The molecule has 1 fully saturated rings. The zero-order valence-electron chi connectivity index (χ0n) is 15.5. The topological polar surface area (TPSA) is 33.9 Å². The van der Waals surface area contributed by atoms with Gasteiger partial charge in [0, 0.05) is 25.4 Å². The average molecular weight is 388 g/mol. The van der Waals surface area contributed by atoms with Crippen molar-refractivity contribution in [2.75, 3.05) is 31.2 Å². The summed E-state index contributed by atoms with van der Waals surface area (Å²) >= 11 is 1.51. The summed E-state index contributed by atoms with van der Waals surface area (Å²) in [5.41, 5.74) is 2.82. The summed E-state index contributed by atoms with van der Waals surface area (Å²) in [5.74, 6) is 0.286. The summed E-state index contributed by atoms with van der Waals surface area (Å²) in [7, 11) is 0. The first-order valence-corrected chi connectivity index (χ1v) is 10.5. The maximum absolute atomic E-state index is 12.7. The van der Waals surface area contributed by atoms with E-state index in [2.05, 4.69) is 40.1 Å². The fourth-order valence-electron chi connectivity index (χ4n) is 4.33. The van der Waals surface area contributed by atoms with Gasteiger partial charge in [0.2, 0.25) is 5.69 Å². The third-order valence-corrected chi connectivity index (χ3v) is 7.05. The van der Waals surface area contributed by atoms with Gasteiger partial charge in [0.25, 0.3) is 0 Å². The fourth-order valence-corrected chi connectivity index (χ4v) is 5.66. The van der Waals surface area contributed by atoms with Crippen molar-refractivity contribution in [2.45, 2.75) is 18.8 Å². The van der Waals surface area contributed by atoms with Crippen LogP contribution in [0.2, 0.25) is 0 Å². The molecule has 2 heterocycles. The molecule has 0 spiro atoms. The van der Waals surface area contributed by atoms with Crippen molar-refractivity contribution in [1.29, 1.82) is 0 Å². The van der Waals surface area contributed by atoms with E-state index in [0.717, 1.165) is 35.0 Å². The highest BCUT2D eigenvalue weighted by atomic mass is 32.1. The van der Waals surface area contributed by atoms with Gasteiger partial charge in [-0.15, -0.1) is 11.3 Å². The summed E-state index contributed by atoms with van der Waals surface area (Å²) in [6, 6.07) is 14.9. The van der Waals surface area contributed by atoms with Crippen molar-refractivity contribution in [3.63, 3.8) is 0 Å². The summed E-state index contributed by atoms with van der Waals surface area (Å²) in [6.07, 6.45) is 1.32. The molecule has 140 valence electrons. The summed E-state index contributed by atoms with van der Waals surface area (Å²) in [6.45, 7) is 10.8. The quantitative estimate of drug-likeness (QED) is 0.552. The molecule has 1 saturated heterocycles. The van der Waals surface area contributed by atoms with Crippen LogP contribution in [0.3, 0.4) is 0 Å². The van der Waals surface area contributed by atoms with Crippen LogP contribution in [-0.4, -0.2) is 32.1 Å². The Bertz CT molecular complexity index is 1110. The van der Waals surface area contributed by atoms with Crippen LogP contribution in [0.1, 0.15) is 39.6 Å². The Labute approximate surface area is 168 Å². The molecule has 5 rings (SSSR count). The zero-order chi connectivity index (χ0) is 19.1. The van der Waals surface area contributed by atoms with Gasteiger partial charge in [0.15, 0.2) is 5.78 Å². The number of fused-ring (bicyclic) bond motifs is 2. The van der Waals surface area contributed by atoms with E-state index in [1.165, 1.54) is 27.7 Å². The van der Waals surface area contributed by atoms with Crippen molar-refractivity contribution in [3.05, 3.63) is 69.9 Å². The first-order valence-electron chi connectivity index (χ1n) is 9.65. The first kappa shape index (κ1) is 17.4. The Morgan fingerprint density at radius 3 is 2.68 bits per heavy atom. The Kier molecular flexibility index (Phi) is 4.38. The van der Waals surface area contributed by atoms with Gasteiger partial charge in [-0.25, -0.2) is 4.85 Å². The molecule has 0 radical (unpaired) electrons. The lowest BCUT2D eigenvalue weighted by atomic mass is 9.81. The Hall–Kier alpha value is -2.68. The number of hydrogen-bond donors (Lipinski definition) is 0. The van der Waals surface area contributed by atoms with Crippen LogP contribution in [-0.2, 0) is 4.74 Å². The maximum Gasteiger partial charge on any atom is 0.225 e. The molecule has 2 aromatic carbocycles. The smallest absolute Gasteiger partial charge is 0.225 e. The zero-order valence-corrected chi connectivity index (χ0v) is 16.3.